The fourth-order valence-corrected chi connectivity index (χ4v) is 0.840. The monoisotopic (exact) mass is 208 g/mol. The van der Waals surface area contributed by atoms with E-state index in [0.717, 1.165) is 6.42 Å². The summed E-state index contributed by atoms with van der Waals surface area (Å²) in [7, 11) is 0. The number of ether oxygens (including phenoxy) is 1. The van der Waals surface area contributed by atoms with Gasteiger partial charge in [0, 0.05) is 21.7 Å². The van der Waals surface area contributed by atoms with Crippen LogP contribution in [-0.2, 0) is 31.2 Å². The second-order valence-corrected chi connectivity index (χ2v) is 2.80. The minimum absolute atomic E-state index is 0. The first-order valence-electron chi connectivity index (χ1n) is 3.96. The third-order valence-electron chi connectivity index (χ3n) is 1.26. The standard InChI is InChI=1S/C8H16O3.Ti/c1-4-5-7(8(9)10)11-6(2)3;/h6-7H,4-5H2,1-3H3,(H,9,10);. The molecule has 1 unspecified atom stereocenters. The maximum Gasteiger partial charge on any atom is 0.332 e. The van der Waals surface area contributed by atoms with E-state index in [-0.39, 0.29) is 27.8 Å². The van der Waals surface area contributed by atoms with E-state index in [2.05, 4.69) is 0 Å². The quantitative estimate of drug-likeness (QED) is 0.699. The Balaban J connectivity index is 0. The van der Waals surface area contributed by atoms with Gasteiger partial charge in [-0.15, -0.1) is 0 Å². The average molecular weight is 208 g/mol. The summed E-state index contributed by atoms with van der Waals surface area (Å²) in [6.07, 6.45) is 0.791. The molecule has 12 heavy (non-hydrogen) atoms. The van der Waals surface area contributed by atoms with Crippen molar-refractivity contribution in [1.29, 1.82) is 0 Å². The van der Waals surface area contributed by atoms with Crippen molar-refractivity contribution in [3.63, 3.8) is 0 Å². The molecule has 0 amide bonds. The predicted molar refractivity (Wildman–Crippen MR) is 42.6 cm³/mol. The maximum atomic E-state index is 10.5. The van der Waals surface area contributed by atoms with Gasteiger partial charge in [-0.1, -0.05) is 13.3 Å². The number of rotatable bonds is 5. The molecule has 1 atom stereocenters. The van der Waals surface area contributed by atoms with Crippen LogP contribution in [0.25, 0.3) is 0 Å². The molecule has 0 aromatic heterocycles. The number of carboxylic acids is 1. The summed E-state index contributed by atoms with van der Waals surface area (Å²) >= 11 is 0. The molecule has 0 saturated heterocycles. The van der Waals surface area contributed by atoms with Gasteiger partial charge < -0.3 is 9.84 Å². The summed E-state index contributed by atoms with van der Waals surface area (Å²) in [6.45, 7) is 5.62. The molecule has 0 fully saturated rings. The Kier molecular flexibility index (Phi) is 9.50. The second-order valence-electron chi connectivity index (χ2n) is 2.80. The van der Waals surface area contributed by atoms with Crippen molar-refractivity contribution < 1.29 is 36.4 Å². The number of carbonyl (C=O) groups is 1. The van der Waals surface area contributed by atoms with E-state index in [4.69, 9.17) is 9.84 Å². The maximum absolute atomic E-state index is 10.5. The van der Waals surface area contributed by atoms with Crippen LogP contribution >= 0.6 is 0 Å². The van der Waals surface area contributed by atoms with Crippen LogP contribution in [0.3, 0.4) is 0 Å². The van der Waals surface area contributed by atoms with Crippen molar-refractivity contribution >= 4 is 5.97 Å². The Bertz CT molecular complexity index is 125. The molecule has 0 rings (SSSR count). The molecule has 0 aliphatic rings. The van der Waals surface area contributed by atoms with Crippen molar-refractivity contribution in [1.82, 2.24) is 0 Å². The Morgan fingerprint density at radius 2 is 2.00 bits per heavy atom. The molecule has 0 aliphatic carbocycles. The zero-order valence-electron chi connectivity index (χ0n) is 7.83. The largest absolute Gasteiger partial charge is 0.479 e. The Morgan fingerprint density at radius 3 is 2.25 bits per heavy atom. The molecule has 0 radical (unpaired) electrons. The number of hydrogen-bond acceptors (Lipinski definition) is 2. The summed E-state index contributed by atoms with van der Waals surface area (Å²) in [5.74, 6) is -0.861. The van der Waals surface area contributed by atoms with Crippen molar-refractivity contribution in [3.8, 4) is 0 Å². The van der Waals surface area contributed by atoms with Gasteiger partial charge in [0.2, 0.25) is 0 Å². The van der Waals surface area contributed by atoms with E-state index in [0.29, 0.717) is 6.42 Å². The third kappa shape index (κ3) is 6.83. The molecule has 0 spiro atoms. The molecule has 70 valence electrons. The smallest absolute Gasteiger partial charge is 0.332 e. The molecule has 1 N–H and O–H groups in total. The Labute approximate surface area is 88.4 Å². The van der Waals surface area contributed by atoms with E-state index >= 15 is 0 Å². The summed E-state index contributed by atoms with van der Waals surface area (Å²) in [5, 5.41) is 8.63. The molecule has 0 saturated carbocycles. The number of aliphatic carboxylic acids is 1. The first kappa shape index (κ1) is 14.7. The summed E-state index contributed by atoms with van der Waals surface area (Å²) in [5.41, 5.74) is 0. The van der Waals surface area contributed by atoms with Crippen LogP contribution < -0.4 is 0 Å². The summed E-state index contributed by atoms with van der Waals surface area (Å²) in [6, 6.07) is 0. The van der Waals surface area contributed by atoms with Gasteiger partial charge in [-0.3, -0.25) is 0 Å². The minimum Gasteiger partial charge on any atom is -0.479 e. The van der Waals surface area contributed by atoms with Crippen molar-refractivity contribution in [2.75, 3.05) is 0 Å². The van der Waals surface area contributed by atoms with E-state index in [1.807, 2.05) is 20.8 Å². The Hall–Kier alpha value is 0.144. The van der Waals surface area contributed by atoms with E-state index in [1.54, 1.807) is 0 Å². The topological polar surface area (TPSA) is 46.5 Å². The molecule has 4 heteroatoms. The third-order valence-corrected chi connectivity index (χ3v) is 1.26. The first-order chi connectivity index (χ1) is 5.07. The molecule has 0 aromatic carbocycles. The van der Waals surface area contributed by atoms with Crippen molar-refractivity contribution in [2.45, 2.75) is 45.8 Å². The van der Waals surface area contributed by atoms with Crippen LogP contribution in [0.2, 0.25) is 0 Å². The predicted octanol–water partition coefficient (Wildman–Crippen LogP) is 1.66. The molecular formula is C8H16O3Ti. The van der Waals surface area contributed by atoms with E-state index in [1.165, 1.54) is 0 Å². The van der Waals surface area contributed by atoms with E-state index in [9.17, 15) is 4.79 Å². The molecule has 0 bridgehead atoms. The van der Waals surface area contributed by atoms with Crippen molar-refractivity contribution in [3.05, 3.63) is 0 Å². The van der Waals surface area contributed by atoms with Gasteiger partial charge in [-0.2, -0.15) is 0 Å². The van der Waals surface area contributed by atoms with Crippen LogP contribution in [0, 0.1) is 0 Å². The van der Waals surface area contributed by atoms with Gasteiger partial charge in [0.1, 0.15) is 0 Å². The summed E-state index contributed by atoms with van der Waals surface area (Å²) in [4.78, 5) is 10.5. The second kappa shape index (κ2) is 7.78. The zero-order chi connectivity index (χ0) is 8.85. The average Bonchev–Trinajstić information content (AvgIpc) is 1.86. The normalized spacial score (nSPS) is 12.3. The van der Waals surface area contributed by atoms with Gasteiger partial charge in [0.15, 0.2) is 6.10 Å². The van der Waals surface area contributed by atoms with Gasteiger partial charge in [-0.25, -0.2) is 4.79 Å². The SMILES string of the molecule is CCCC(OC(C)C)C(=O)O.[Ti]. The van der Waals surface area contributed by atoms with Crippen LogP contribution in [-0.4, -0.2) is 23.3 Å². The molecule has 0 aromatic rings. The van der Waals surface area contributed by atoms with Crippen LogP contribution in [0.15, 0.2) is 0 Å². The van der Waals surface area contributed by atoms with Crippen LogP contribution in [0.5, 0.6) is 0 Å². The zero-order valence-corrected chi connectivity index (χ0v) is 9.39. The van der Waals surface area contributed by atoms with Gasteiger partial charge >= 0.3 is 5.97 Å². The van der Waals surface area contributed by atoms with Crippen LogP contribution in [0.4, 0.5) is 0 Å². The van der Waals surface area contributed by atoms with E-state index < -0.39 is 12.1 Å². The molecule has 0 heterocycles. The number of carboxylic acid groups (broad SMARTS) is 1. The van der Waals surface area contributed by atoms with Gasteiger partial charge in [0.05, 0.1) is 6.10 Å². The molecular weight excluding hydrogens is 192 g/mol. The fourth-order valence-electron chi connectivity index (χ4n) is 0.840. The summed E-state index contributed by atoms with van der Waals surface area (Å²) < 4.78 is 5.15. The molecule has 0 aliphatic heterocycles. The molecule has 3 nitrogen and oxygen atoms in total. The minimum atomic E-state index is -0.861. The Morgan fingerprint density at radius 1 is 1.50 bits per heavy atom. The number of hydrogen-bond donors (Lipinski definition) is 1. The van der Waals surface area contributed by atoms with Gasteiger partial charge in [-0.05, 0) is 20.3 Å². The first-order valence-corrected chi connectivity index (χ1v) is 3.96. The van der Waals surface area contributed by atoms with Gasteiger partial charge in [0.25, 0.3) is 0 Å². The van der Waals surface area contributed by atoms with Crippen molar-refractivity contribution in [2.24, 2.45) is 0 Å². The van der Waals surface area contributed by atoms with Crippen LogP contribution in [0.1, 0.15) is 33.6 Å². The fraction of sp³-hybridized carbons (Fsp3) is 0.875.